The van der Waals surface area contributed by atoms with Crippen LogP contribution in [0.5, 0.6) is 34.5 Å². The first-order valence-corrected chi connectivity index (χ1v) is 9.10. The van der Waals surface area contributed by atoms with Crippen LogP contribution in [0.3, 0.4) is 0 Å². The van der Waals surface area contributed by atoms with Gasteiger partial charge in [0.05, 0.1) is 41.1 Å². The van der Waals surface area contributed by atoms with Crippen molar-refractivity contribution in [1.29, 1.82) is 0 Å². The minimum absolute atomic E-state index is 0.000253. The zero-order valence-electron chi connectivity index (χ0n) is 18.0. The second kappa shape index (κ2) is 8.86. The van der Waals surface area contributed by atoms with E-state index >= 15 is 0 Å². The molecule has 9 heteroatoms. The number of esters is 1. The Morgan fingerprint density at radius 3 is 1.97 bits per heavy atom. The molecule has 31 heavy (non-hydrogen) atoms. The molecule has 3 aromatic rings. The van der Waals surface area contributed by atoms with Gasteiger partial charge in [-0.05, 0) is 12.1 Å². The summed E-state index contributed by atoms with van der Waals surface area (Å²) in [5, 5.41) is 0.0380. The van der Waals surface area contributed by atoms with Crippen molar-refractivity contribution in [2.75, 3.05) is 35.5 Å². The van der Waals surface area contributed by atoms with Gasteiger partial charge in [0.2, 0.25) is 11.5 Å². The zero-order chi connectivity index (χ0) is 22.7. The standard InChI is InChI=1S/C22H22O9/c1-11(23)30-16-10-17(26-3)21(29-6)22-18(16)13(24)9-15(31-22)12-7-8-14(25-2)20(28-5)19(12)27-4/h7-10H,1-6H3. The van der Waals surface area contributed by atoms with Crippen molar-refractivity contribution in [3.8, 4) is 45.8 Å². The highest BCUT2D eigenvalue weighted by molar-refractivity contribution is 5.94. The third-order valence-corrected chi connectivity index (χ3v) is 4.53. The minimum Gasteiger partial charge on any atom is -0.493 e. The molecule has 1 heterocycles. The molecule has 9 nitrogen and oxygen atoms in total. The van der Waals surface area contributed by atoms with E-state index in [1.165, 1.54) is 54.6 Å². The maximum absolute atomic E-state index is 13.1. The van der Waals surface area contributed by atoms with E-state index in [0.29, 0.717) is 22.8 Å². The number of methoxy groups -OCH3 is 5. The number of carbonyl (C=O) groups is 1. The molecule has 0 aliphatic rings. The number of hydrogen-bond donors (Lipinski definition) is 0. The summed E-state index contributed by atoms with van der Waals surface area (Å²) in [7, 11) is 7.26. The van der Waals surface area contributed by atoms with Gasteiger partial charge in [0.15, 0.2) is 28.3 Å². The van der Waals surface area contributed by atoms with E-state index in [9.17, 15) is 9.59 Å². The molecule has 0 saturated heterocycles. The Hall–Kier alpha value is -3.88. The number of benzene rings is 2. The lowest BCUT2D eigenvalue weighted by Crippen LogP contribution is -2.09. The molecule has 164 valence electrons. The van der Waals surface area contributed by atoms with Crippen LogP contribution in [0.4, 0.5) is 0 Å². The predicted molar refractivity (Wildman–Crippen MR) is 112 cm³/mol. The molecule has 0 spiro atoms. The topological polar surface area (TPSA) is 103 Å². The van der Waals surface area contributed by atoms with Crippen molar-refractivity contribution >= 4 is 16.9 Å². The molecule has 0 fully saturated rings. The molecule has 0 saturated carbocycles. The molecule has 2 aromatic carbocycles. The lowest BCUT2D eigenvalue weighted by atomic mass is 10.1. The highest BCUT2D eigenvalue weighted by atomic mass is 16.5. The van der Waals surface area contributed by atoms with Crippen LogP contribution in [-0.4, -0.2) is 41.5 Å². The molecule has 0 radical (unpaired) electrons. The molecule has 1 aromatic heterocycles. The van der Waals surface area contributed by atoms with Crippen LogP contribution in [-0.2, 0) is 4.79 Å². The van der Waals surface area contributed by atoms with E-state index in [0.717, 1.165) is 0 Å². The molecule has 0 atom stereocenters. The molecule has 0 aliphatic carbocycles. The summed E-state index contributed by atoms with van der Waals surface area (Å²) in [6.45, 7) is 1.23. The lowest BCUT2D eigenvalue weighted by molar-refractivity contribution is -0.131. The summed E-state index contributed by atoms with van der Waals surface area (Å²) in [6.07, 6.45) is 0. The summed E-state index contributed by atoms with van der Waals surface area (Å²) in [5.74, 6) is 1.07. The van der Waals surface area contributed by atoms with Crippen molar-refractivity contribution in [3.05, 3.63) is 34.5 Å². The van der Waals surface area contributed by atoms with Crippen molar-refractivity contribution < 1.29 is 37.6 Å². The number of ether oxygens (including phenoxy) is 6. The smallest absolute Gasteiger partial charge is 0.308 e. The van der Waals surface area contributed by atoms with Crippen LogP contribution in [0, 0.1) is 0 Å². The van der Waals surface area contributed by atoms with E-state index in [1.54, 1.807) is 12.1 Å². The van der Waals surface area contributed by atoms with E-state index in [1.807, 2.05) is 0 Å². The van der Waals surface area contributed by atoms with E-state index in [2.05, 4.69) is 0 Å². The first-order valence-electron chi connectivity index (χ1n) is 9.10. The summed E-state index contributed by atoms with van der Waals surface area (Å²) >= 11 is 0. The maximum atomic E-state index is 13.1. The van der Waals surface area contributed by atoms with Crippen molar-refractivity contribution in [2.24, 2.45) is 0 Å². The Balaban J connectivity index is 2.40. The van der Waals surface area contributed by atoms with Crippen LogP contribution >= 0.6 is 0 Å². The lowest BCUT2D eigenvalue weighted by Gasteiger charge is -2.17. The average molecular weight is 430 g/mol. The Labute approximate surface area is 178 Å². The van der Waals surface area contributed by atoms with Gasteiger partial charge in [-0.2, -0.15) is 0 Å². The Morgan fingerprint density at radius 1 is 0.774 bits per heavy atom. The minimum atomic E-state index is -0.599. The summed E-state index contributed by atoms with van der Waals surface area (Å²) in [6, 6.07) is 6.00. The van der Waals surface area contributed by atoms with Gasteiger partial charge in [0.25, 0.3) is 0 Å². The molecular weight excluding hydrogens is 408 g/mol. The van der Waals surface area contributed by atoms with Crippen LogP contribution in [0.25, 0.3) is 22.3 Å². The Morgan fingerprint density at radius 2 is 1.42 bits per heavy atom. The van der Waals surface area contributed by atoms with Crippen LogP contribution in [0.1, 0.15) is 6.92 Å². The number of fused-ring (bicyclic) bond motifs is 1. The fourth-order valence-corrected chi connectivity index (χ4v) is 3.26. The fraction of sp³-hybridized carbons (Fsp3) is 0.273. The van der Waals surface area contributed by atoms with Gasteiger partial charge in [-0.1, -0.05) is 0 Å². The van der Waals surface area contributed by atoms with E-state index < -0.39 is 11.4 Å². The molecular formula is C22H22O9. The van der Waals surface area contributed by atoms with E-state index in [-0.39, 0.29) is 34.0 Å². The van der Waals surface area contributed by atoms with Crippen LogP contribution in [0.15, 0.2) is 33.5 Å². The van der Waals surface area contributed by atoms with Gasteiger partial charge in [0, 0.05) is 19.1 Å². The molecule has 0 amide bonds. The fourth-order valence-electron chi connectivity index (χ4n) is 3.26. The molecule has 0 N–H and O–H groups in total. The zero-order valence-corrected chi connectivity index (χ0v) is 18.0. The van der Waals surface area contributed by atoms with Crippen molar-refractivity contribution in [2.45, 2.75) is 6.92 Å². The summed E-state index contributed by atoms with van der Waals surface area (Å²) in [5.41, 5.74) is 0.0424. The highest BCUT2D eigenvalue weighted by Crippen LogP contribution is 2.46. The average Bonchev–Trinajstić information content (AvgIpc) is 2.76. The quantitative estimate of drug-likeness (QED) is 0.412. The van der Waals surface area contributed by atoms with Gasteiger partial charge in [-0.15, -0.1) is 0 Å². The highest BCUT2D eigenvalue weighted by Gasteiger charge is 2.24. The second-order valence-corrected chi connectivity index (χ2v) is 6.26. The van der Waals surface area contributed by atoms with Crippen molar-refractivity contribution in [3.63, 3.8) is 0 Å². The molecule has 0 unspecified atom stereocenters. The molecule has 0 bridgehead atoms. The second-order valence-electron chi connectivity index (χ2n) is 6.26. The van der Waals surface area contributed by atoms with Gasteiger partial charge >= 0.3 is 5.97 Å². The van der Waals surface area contributed by atoms with Gasteiger partial charge in [0.1, 0.15) is 16.9 Å². The van der Waals surface area contributed by atoms with Gasteiger partial charge in [-0.25, -0.2) is 0 Å². The first kappa shape index (κ1) is 21.8. The summed E-state index contributed by atoms with van der Waals surface area (Å²) < 4.78 is 38.2. The Kier molecular flexibility index (Phi) is 6.24. The molecule has 3 rings (SSSR count). The van der Waals surface area contributed by atoms with Crippen LogP contribution in [0.2, 0.25) is 0 Å². The normalized spacial score (nSPS) is 10.5. The number of rotatable bonds is 7. The van der Waals surface area contributed by atoms with Crippen molar-refractivity contribution in [1.82, 2.24) is 0 Å². The monoisotopic (exact) mass is 430 g/mol. The van der Waals surface area contributed by atoms with E-state index in [4.69, 9.17) is 32.8 Å². The van der Waals surface area contributed by atoms with Crippen LogP contribution < -0.4 is 33.8 Å². The third-order valence-electron chi connectivity index (χ3n) is 4.53. The van der Waals surface area contributed by atoms with Gasteiger partial charge in [-0.3, -0.25) is 9.59 Å². The number of carbonyl (C=O) groups excluding carboxylic acids is 1. The largest absolute Gasteiger partial charge is 0.493 e. The summed E-state index contributed by atoms with van der Waals surface area (Å²) in [4.78, 5) is 24.6. The SMILES string of the molecule is COc1ccc(-c2cc(=O)c3c(OC(C)=O)cc(OC)c(OC)c3o2)c(OC)c1OC. The van der Waals surface area contributed by atoms with Gasteiger partial charge < -0.3 is 32.8 Å². The molecule has 0 aliphatic heterocycles. The third kappa shape index (κ3) is 3.81. The first-order chi connectivity index (χ1) is 14.9. The Bertz CT molecular complexity index is 1190. The number of hydrogen-bond acceptors (Lipinski definition) is 9. The predicted octanol–water partition coefficient (Wildman–Crippen LogP) is 3.43. The maximum Gasteiger partial charge on any atom is 0.308 e.